The first-order valence-corrected chi connectivity index (χ1v) is 8.75. The number of carbonyl (C=O) groups is 1. The largest absolute Gasteiger partial charge is 0.460 e. The number of rotatable bonds is 5. The molecule has 5 heteroatoms. The molecule has 5 nitrogen and oxygen atoms in total. The van der Waals surface area contributed by atoms with Crippen molar-refractivity contribution in [2.24, 2.45) is 0 Å². The van der Waals surface area contributed by atoms with Crippen LogP contribution in [0.5, 0.6) is 0 Å². The van der Waals surface area contributed by atoms with Gasteiger partial charge in [0.2, 0.25) is 0 Å². The van der Waals surface area contributed by atoms with Gasteiger partial charge in [0, 0.05) is 12.7 Å². The first-order chi connectivity index (χ1) is 13.2. The fourth-order valence-corrected chi connectivity index (χ4v) is 2.87. The number of furan rings is 1. The molecule has 0 saturated heterocycles. The molecule has 134 valence electrons. The second-order valence-electron chi connectivity index (χ2n) is 6.25. The number of nitrogens with one attached hydrogen (secondary N) is 1. The number of para-hydroxylation sites is 1. The Kier molecular flexibility index (Phi) is 4.58. The van der Waals surface area contributed by atoms with Gasteiger partial charge in [-0.25, -0.2) is 4.68 Å². The summed E-state index contributed by atoms with van der Waals surface area (Å²) in [5.41, 5.74) is 2.92. The Hall–Kier alpha value is -3.60. The Morgan fingerprint density at radius 2 is 1.70 bits per heavy atom. The van der Waals surface area contributed by atoms with Gasteiger partial charge in [0.05, 0.1) is 11.3 Å². The fourth-order valence-electron chi connectivity index (χ4n) is 2.87. The first-order valence-electron chi connectivity index (χ1n) is 8.75. The molecular weight excluding hydrogens is 338 g/mol. The number of nitrogens with zero attached hydrogens (tertiary/aromatic N) is 2. The average molecular weight is 357 g/mol. The summed E-state index contributed by atoms with van der Waals surface area (Å²) in [5.74, 6) is 1.16. The Labute approximate surface area is 157 Å². The lowest BCUT2D eigenvalue weighted by Crippen LogP contribution is -2.22. The van der Waals surface area contributed by atoms with Crippen molar-refractivity contribution in [1.29, 1.82) is 0 Å². The summed E-state index contributed by atoms with van der Waals surface area (Å²) in [5, 5.41) is 7.57. The smallest absolute Gasteiger partial charge is 0.255 e. The van der Waals surface area contributed by atoms with Crippen LogP contribution >= 0.6 is 0 Å². The molecule has 27 heavy (non-hydrogen) atoms. The SMILES string of the molecule is Cc1ccc(-c2nn(-c3ccccc3)cc2C(=O)NCc2ccccc2)o1. The standard InChI is InChI=1S/C22H19N3O2/c1-16-12-13-20(27-16)21-19(15-25(24-21)18-10-6-3-7-11-18)22(26)23-14-17-8-4-2-5-9-17/h2-13,15H,14H2,1H3,(H,23,26). The van der Waals surface area contributed by atoms with Gasteiger partial charge in [-0.05, 0) is 36.8 Å². The molecule has 0 radical (unpaired) electrons. The van der Waals surface area contributed by atoms with Gasteiger partial charge in [0.15, 0.2) is 5.76 Å². The summed E-state index contributed by atoms with van der Waals surface area (Å²) in [6.45, 7) is 2.32. The molecule has 2 aromatic heterocycles. The van der Waals surface area contributed by atoms with E-state index in [1.807, 2.05) is 79.7 Å². The molecule has 2 aromatic carbocycles. The minimum atomic E-state index is -0.190. The lowest BCUT2D eigenvalue weighted by Gasteiger charge is -2.04. The number of aromatic nitrogens is 2. The fraction of sp³-hybridized carbons (Fsp3) is 0.0909. The zero-order chi connectivity index (χ0) is 18.6. The third-order valence-corrected chi connectivity index (χ3v) is 4.25. The third kappa shape index (κ3) is 3.67. The summed E-state index contributed by atoms with van der Waals surface area (Å²) >= 11 is 0. The maximum Gasteiger partial charge on any atom is 0.255 e. The molecule has 0 aliphatic carbocycles. The van der Waals surface area contributed by atoms with Crippen LogP contribution in [0, 0.1) is 6.92 Å². The lowest BCUT2D eigenvalue weighted by molar-refractivity contribution is 0.0951. The van der Waals surface area contributed by atoms with Crippen LogP contribution in [-0.2, 0) is 6.54 Å². The van der Waals surface area contributed by atoms with Gasteiger partial charge in [0.25, 0.3) is 5.91 Å². The van der Waals surface area contributed by atoms with Gasteiger partial charge >= 0.3 is 0 Å². The quantitative estimate of drug-likeness (QED) is 0.577. The van der Waals surface area contributed by atoms with Crippen LogP contribution in [-0.4, -0.2) is 15.7 Å². The van der Waals surface area contributed by atoms with Gasteiger partial charge in [-0.3, -0.25) is 4.79 Å². The molecule has 2 heterocycles. The number of benzene rings is 2. The monoisotopic (exact) mass is 357 g/mol. The van der Waals surface area contributed by atoms with Gasteiger partial charge in [-0.1, -0.05) is 48.5 Å². The van der Waals surface area contributed by atoms with Crippen LogP contribution in [0.3, 0.4) is 0 Å². The maximum absolute atomic E-state index is 12.9. The number of carbonyl (C=O) groups excluding carboxylic acids is 1. The van der Waals surface area contributed by atoms with E-state index in [9.17, 15) is 4.79 Å². The Morgan fingerprint density at radius 3 is 2.37 bits per heavy atom. The summed E-state index contributed by atoms with van der Waals surface area (Å²) in [6, 6.07) is 23.2. The number of hydrogen-bond acceptors (Lipinski definition) is 3. The van der Waals surface area contributed by atoms with Crippen molar-refractivity contribution in [2.45, 2.75) is 13.5 Å². The van der Waals surface area contributed by atoms with Crippen LogP contribution in [0.25, 0.3) is 17.1 Å². The molecule has 0 atom stereocenters. The van der Waals surface area contributed by atoms with E-state index in [1.165, 1.54) is 0 Å². The zero-order valence-electron chi connectivity index (χ0n) is 14.9. The summed E-state index contributed by atoms with van der Waals surface area (Å²) < 4.78 is 7.42. The average Bonchev–Trinajstić information content (AvgIpc) is 3.34. The lowest BCUT2D eigenvalue weighted by atomic mass is 10.2. The molecule has 4 aromatic rings. The second-order valence-corrected chi connectivity index (χ2v) is 6.25. The van der Waals surface area contributed by atoms with Crippen molar-refractivity contribution < 1.29 is 9.21 Å². The number of hydrogen-bond donors (Lipinski definition) is 1. The van der Waals surface area contributed by atoms with Gasteiger partial charge in [-0.15, -0.1) is 0 Å². The predicted molar refractivity (Wildman–Crippen MR) is 104 cm³/mol. The minimum Gasteiger partial charge on any atom is -0.460 e. The summed E-state index contributed by atoms with van der Waals surface area (Å²) in [7, 11) is 0. The highest BCUT2D eigenvalue weighted by molar-refractivity contribution is 5.99. The van der Waals surface area contributed by atoms with Crippen molar-refractivity contribution in [3.63, 3.8) is 0 Å². The van der Waals surface area contributed by atoms with Crippen LogP contribution in [0.4, 0.5) is 0 Å². The van der Waals surface area contributed by atoms with Crippen LogP contribution in [0.15, 0.2) is 83.4 Å². The van der Waals surface area contributed by atoms with E-state index in [0.29, 0.717) is 23.6 Å². The Morgan fingerprint density at radius 1 is 1.00 bits per heavy atom. The molecule has 0 fully saturated rings. The molecule has 0 unspecified atom stereocenters. The van der Waals surface area contributed by atoms with Crippen molar-refractivity contribution in [3.05, 3.63) is 95.9 Å². The highest BCUT2D eigenvalue weighted by atomic mass is 16.3. The normalized spacial score (nSPS) is 10.7. The van der Waals surface area contributed by atoms with E-state index in [0.717, 1.165) is 17.0 Å². The number of amides is 1. The Balaban J connectivity index is 1.67. The van der Waals surface area contributed by atoms with Crippen molar-refractivity contribution in [3.8, 4) is 17.1 Å². The molecule has 0 bridgehead atoms. The second kappa shape index (κ2) is 7.33. The van der Waals surface area contributed by atoms with Gasteiger partial charge in [0.1, 0.15) is 11.5 Å². The van der Waals surface area contributed by atoms with E-state index in [1.54, 1.807) is 10.9 Å². The van der Waals surface area contributed by atoms with Crippen LogP contribution < -0.4 is 5.32 Å². The molecule has 1 amide bonds. The topological polar surface area (TPSA) is 60.1 Å². The highest BCUT2D eigenvalue weighted by Crippen LogP contribution is 2.25. The number of aryl methyl sites for hydroxylation is 1. The molecule has 0 saturated carbocycles. The molecule has 0 aliphatic rings. The minimum absolute atomic E-state index is 0.190. The van der Waals surface area contributed by atoms with Crippen LogP contribution in [0.1, 0.15) is 21.7 Å². The third-order valence-electron chi connectivity index (χ3n) is 4.25. The van der Waals surface area contributed by atoms with E-state index in [2.05, 4.69) is 10.4 Å². The van der Waals surface area contributed by atoms with E-state index in [4.69, 9.17) is 4.42 Å². The first kappa shape index (κ1) is 16.8. The highest BCUT2D eigenvalue weighted by Gasteiger charge is 2.20. The van der Waals surface area contributed by atoms with E-state index >= 15 is 0 Å². The molecular formula is C22H19N3O2. The van der Waals surface area contributed by atoms with E-state index in [-0.39, 0.29) is 5.91 Å². The van der Waals surface area contributed by atoms with Crippen molar-refractivity contribution >= 4 is 5.91 Å². The van der Waals surface area contributed by atoms with Crippen LogP contribution in [0.2, 0.25) is 0 Å². The Bertz CT molecular complexity index is 1050. The maximum atomic E-state index is 12.9. The van der Waals surface area contributed by atoms with E-state index < -0.39 is 0 Å². The summed E-state index contributed by atoms with van der Waals surface area (Å²) in [6.07, 6.45) is 1.74. The zero-order valence-corrected chi connectivity index (χ0v) is 14.9. The van der Waals surface area contributed by atoms with Gasteiger partial charge < -0.3 is 9.73 Å². The van der Waals surface area contributed by atoms with Gasteiger partial charge in [-0.2, -0.15) is 5.10 Å². The molecule has 1 N–H and O–H groups in total. The predicted octanol–water partition coefficient (Wildman–Crippen LogP) is 4.37. The van der Waals surface area contributed by atoms with Crippen molar-refractivity contribution in [2.75, 3.05) is 0 Å². The van der Waals surface area contributed by atoms with Crippen molar-refractivity contribution in [1.82, 2.24) is 15.1 Å². The molecule has 4 rings (SSSR count). The summed E-state index contributed by atoms with van der Waals surface area (Å²) in [4.78, 5) is 12.9. The molecule has 0 spiro atoms. The molecule has 0 aliphatic heterocycles.